The highest BCUT2D eigenvalue weighted by atomic mass is 19.3. The van der Waals surface area contributed by atoms with Crippen LogP contribution in [0.1, 0.15) is 24.4 Å². The summed E-state index contributed by atoms with van der Waals surface area (Å²) in [4.78, 5) is 19.3. The van der Waals surface area contributed by atoms with Crippen molar-refractivity contribution in [2.45, 2.75) is 25.5 Å². The summed E-state index contributed by atoms with van der Waals surface area (Å²) in [5.41, 5.74) is 1.72. The maximum Gasteiger partial charge on any atom is 0.387 e. The first-order chi connectivity index (χ1) is 16.1. The minimum absolute atomic E-state index is 0.0328. The molecule has 0 bridgehead atoms. The van der Waals surface area contributed by atoms with E-state index in [-0.39, 0.29) is 17.3 Å². The number of alkyl halides is 2. The monoisotopic (exact) mass is 456 g/mol. The van der Waals surface area contributed by atoms with E-state index >= 15 is 0 Å². The molecule has 1 unspecified atom stereocenters. The summed E-state index contributed by atoms with van der Waals surface area (Å²) in [6.45, 7) is -0.675. The second-order valence-corrected chi connectivity index (χ2v) is 7.73. The number of likely N-dealkylation sites (tertiary alicyclic amines) is 1. The number of ether oxygens (including phenoxy) is 2. The molecule has 1 atom stereocenters. The molecule has 2 N–H and O–H groups in total. The maximum atomic E-state index is 12.8. The van der Waals surface area contributed by atoms with Gasteiger partial charge in [-0.1, -0.05) is 18.2 Å². The molecule has 7 nitrogen and oxygen atoms in total. The average Bonchev–Trinajstić information content (AvgIpc) is 3.35. The lowest BCUT2D eigenvalue weighted by Crippen LogP contribution is -2.38. The van der Waals surface area contributed by atoms with E-state index in [2.05, 4.69) is 25.3 Å². The van der Waals surface area contributed by atoms with Gasteiger partial charge in [-0.15, -0.1) is 0 Å². The van der Waals surface area contributed by atoms with Gasteiger partial charge in [0.15, 0.2) is 5.75 Å². The predicted molar refractivity (Wildman–Crippen MR) is 122 cm³/mol. The van der Waals surface area contributed by atoms with E-state index in [0.717, 1.165) is 37.2 Å². The topological polar surface area (TPSA) is 75.7 Å². The van der Waals surface area contributed by atoms with Gasteiger partial charge in [0.05, 0.1) is 18.8 Å². The first-order valence-corrected chi connectivity index (χ1v) is 10.8. The van der Waals surface area contributed by atoms with Crippen molar-refractivity contribution in [1.29, 1.82) is 0 Å². The zero-order chi connectivity index (χ0) is 23.2. The molecule has 33 heavy (non-hydrogen) atoms. The van der Waals surface area contributed by atoms with Crippen LogP contribution >= 0.6 is 0 Å². The Kier molecular flexibility index (Phi) is 7.19. The number of nitrogens with zero attached hydrogens (tertiary/aromatic N) is 2. The molecule has 174 valence electrons. The number of pyridine rings is 1. The van der Waals surface area contributed by atoms with Gasteiger partial charge in [0.25, 0.3) is 0 Å². The summed E-state index contributed by atoms with van der Waals surface area (Å²) in [5, 5.41) is 6.27. The summed E-state index contributed by atoms with van der Waals surface area (Å²) in [7, 11) is 1.64. The molecule has 2 amide bonds. The number of carbonyl (C=O) groups excluding carboxylic acids is 1. The van der Waals surface area contributed by atoms with Crippen LogP contribution in [0.2, 0.25) is 0 Å². The Morgan fingerprint density at radius 3 is 2.64 bits per heavy atom. The van der Waals surface area contributed by atoms with Crippen LogP contribution < -0.4 is 20.1 Å². The molecular formula is C24H26F2N4O3. The Labute approximate surface area is 190 Å². The Morgan fingerprint density at radius 2 is 1.88 bits per heavy atom. The van der Waals surface area contributed by atoms with Crippen molar-refractivity contribution in [1.82, 2.24) is 15.2 Å². The van der Waals surface area contributed by atoms with Gasteiger partial charge in [-0.3, -0.25) is 9.88 Å². The molecule has 1 fully saturated rings. The number of nitrogens with one attached hydrogen (secondary N) is 2. The van der Waals surface area contributed by atoms with E-state index in [0.29, 0.717) is 17.6 Å². The number of fused-ring (bicyclic) bond motifs is 1. The molecule has 0 saturated carbocycles. The van der Waals surface area contributed by atoms with E-state index in [1.165, 1.54) is 18.3 Å². The van der Waals surface area contributed by atoms with Crippen molar-refractivity contribution in [3.05, 3.63) is 60.3 Å². The molecule has 4 rings (SSSR count). The highest BCUT2D eigenvalue weighted by molar-refractivity contribution is 6.02. The third kappa shape index (κ3) is 5.31. The first-order valence-electron chi connectivity index (χ1n) is 10.8. The largest absolute Gasteiger partial charge is 0.496 e. The van der Waals surface area contributed by atoms with E-state index in [1.54, 1.807) is 19.2 Å². The number of benzene rings is 2. The number of urea groups is 1. The summed E-state index contributed by atoms with van der Waals surface area (Å²) < 4.78 is 35.5. The lowest BCUT2D eigenvalue weighted by molar-refractivity contribution is -0.0489. The van der Waals surface area contributed by atoms with Gasteiger partial charge in [-0.05, 0) is 56.3 Å². The number of methoxy groups -OCH3 is 1. The lowest BCUT2D eigenvalue weighted by atomic mass is 10.0. The highest BCUT2D eigenvalue weighted by Crippen LogP contribution is 2.32. The molecule has 2 aromatic carbocycles. The zero-order valence-electron chi connectivity index (χ0n) is 18.3. The number of amides is 2. The van der Waals surface area contributed by atoms with Crippen LogP contribution in [0, 0.1) is 0 Å². The van der Waals surface area contributed by atoms with Crippen LogP contribution in [-0.2, 0) is 0 Å². The minimum Gasteiger partial charge on any atom is -0.496 e. The van der Waals surface area contributed by atoms with Crippen molar-refractivity contribution in [3.8, 4) is 11.5 Å². The van der Waals surface area contributed by atoms with Gasteiger partial charge < -0.3 is 20.1 Å². The van der Waals surface area contributed by atoms with Gasteiger partial charge in [0, 0.05) is 23.7 Å². The number of halogens is 2. The van der Waals surface area contributed by atoms with E-state index in [9.17, 15) is 13.6 Å². The Morgan fingerprint density at radius 1 is 1.09 bits per heavy atom. The molecule has 9 heteroatoms. The van der Waals surface area contributed by atoms with Gasteiger partial charge in [-0.25, -0.2) is 4.79 Å². The number of carbonyl (C=O) groups is 1. The molecule has 0 spiro atoms. The maximum absolute atomic E-state index is 12.8. The molecule has 1 saturated heterocycles. The van der Waals surface area contributed by atoms with Gasteiger partial charge in [0.2, 0.25) is 0 Å². The number of para-hydroxylation sites is 1. The second kappa shape index (κ2) is 10.4. The van der Waals surface area contributed by atoms with Crippen molar-refractivity contribution < 1.29 is 23.0 Å². The molecule has 0 radical (unpaired) electrons. The molecule has 1 aliphatic rings. The van der Waals surface area contributed by atoms with Crippen molar-refractivity contribution in [2.75, 3.05) is 32.1 Å². The van der Waals surface area contributed by atoms with Gasteiger partial charge >= 0.3 is 12.6 Å². The lowest BCUT2D eigenvalue weighted by Gasteiger charge is -2.29. The fourth-order valence-corrected chi connectivity index (χ4v) is 4.23. The van der Waals surface area contributed by atoms with Crippen molar-refractivity contribution in [3.63, 3.8) is 0 Å². The quantitative estimate of drug-likeness (QED) is 0.509. The van der Waals surface area contributed by atoms with Crippen molar-refractivity contribution in [2.24, 2.45) is 0 Å². The number of hydrogen-bond acceptors (Lipinski definition) is 5. The smallest absolute Gasteiger partial charge is 0.387 e. The Hall–Kier alpha value is -3.46. The Bertz CT molecular complexity index is 1110. The predicted octanol–water partition coefficient (Wildman–Crippen LogP) is 4.80. The summed E-state index contributed by atoms with van der Waals surface area (Å²) >= 11 is 0. The third-order valence-corrected chi connectivity index (χ3v) is 5.73. The van der Waals surface area contributed by atoms with E-state index in [4.69, 9.17) is 4.74 Å². The molecule has 3 aromatic rings. The number of aromatic nitrogens is 1. The SMILES string of the molecule is COc1ccccc1C(CNC(=O)Nc1ccc(OC(F)F)c2ncccc12)N1CCCC1. The molecule has 1 aromatic heterocycles. The van der Waals surface area contributed by atoms with Crippen LogP contribution in [0.25, 0.3) is 10.9 Å². The second-order valence-electron chi connectivity index (χ2n) is 7.73. The van der Waals surface area contributed by atoms with E-state index < -0.39 is 12.6 Å². The molecule has 2 heterocycles. The fraction of sp³-hybridized carbons (Fsp3) is 0.333. The zero-order valence-corrected chi connectivity index (χ0v) is 18.3. The summed E-state index contributed by atoms with van der Waals surface area (Å²) in [6, 6.07) is 13.6. The van der Waals surface area contributed by atoms with Crippen LogP contribution in [0.15, 0.2) is 54.7 Å². The fourth-order valence-electron chi connectivity index (χ4n) is 4.23. The van der Waals surface area contributed by atoms with Crippen molar-refractivity contribution >= 4 is 22.6 Å². The Balaban J connectivity index is 1.50. The number of hydrogen-bond donors (Lipinski definition) is 2. The molecule has 1 aliphatic heterocycles. The van der Waals surface area contributed by atoms with Gasteiger partial charge in [0.1, 0.15) is 11.3 Å². The number of rotatable bonds is 8. The van der Waals surface area contributed by atoms with Crippen LogP contribution in [0.3, 0.4) is 0 Å². The molecular weight excluding hydrogens is 430 g/mol. The molecule has 0 aliphatic carbocycles. The highest BCUT2D eigenvalue weighted by Gasteiger charge is 2.26. The van der Waals surface area contributed by atoms with Gasteiger partial charge in [-0.2, -0.15) is 8.78 Å². The van der Waals surface area contributed by atoms with E-state index in [1.807, 2.05) is 24.3 Å². The number of anilines is 1. The minimum atomic E-state index is -2.96. The standard InChI is InChI=1S/C24H26F2N4O3/c1-32-20-9-3-2-7-17(20)19(30-13-4-5-14-30)15-28-24(31)29-18-10-11-21(33-23(25)26)22-16(18)8-6-12-27-22/h2-3,6-12,19,23H,4-5,13-15H2,1H3,(H2,28,29,31). The summed E-state index contributed by atoms with van der Waals surface area (Å²) in [5.74, 6) is 0.736. The van der Waals surface area contributed by atoms with Crippen LogP contribution in [0.4, 0.5) is 19.3 Å². The third-order valence-electron chi connectivity index (χ3n) is 5.73. The normalized spacial score (nSPS) is 14.9. The van der Waals surface area contributed by atoms with Crippen LogP contribution in [-0.4, -0.2) is 49.3 Å². The van der Waals surface area contributed by atoms with Crippen LogP contribution in [0.5, 0.6) is 11.5 Å². The first kappa shape index (κ1) is 22.7. The summed E-state index contributed by atoms with van der Waals surface area (Å²) in [6.07, 6.45) is 3.71. The average molecular weight is 456 g/mol.